The van der Waals surface area contributed by atoms with Crippen LogP contribution in [0.3, 0.4) is 0 Å². The summed E-state index contributed by atoms with van der Waals surface area (Å²) < 4.78 is 0. The van der Waals surface area contributed by atoms with Crippen molar-refractivity contribution in [3.05, 3.63) is 47.5 Å². The number of anilines is 2. The van der Waals surface area contributed by atoms with E-state index in [0.29, 0.717) is 11.4 Å². The van der Waals surface area contributed by atoms with Crippen molar-refractivity contribution in [3.63, 3.8) is 0 Å². The van der Waals surface area contributed by atoms with Crippen LogP contribution in [0.15, 0.2) is 46.2 Å². The second-order valence-corrected chi connectivity index (χ2v) is 5.93. The Morgan fingerprint density at radius 1 is 1.05 bits per heavy atom. The van der Waals surface area contributed by atoms with Gasteiger partial charge >= 0.3 is 0 Å². The molecule has 104 valence electrons. The molecule has 0 aliphatic carbocycles. The second kappa shape index (κ2) is 6.01. The van der Waals surface area contributed by atoms with E-state index in [4.69, 9.17) is 5.73 Å². The Labute approximate surface area is 123 Å². The summed E-state index contributed by atoms with van der Waals surface area (Å²) in [6.07, 6.45) is 0. The minimum Gasteiger partial charge on any atom is -0.397 e. The average Bonchev–Trinajstić information content (AvgIpc) is 2.37. The van der Waals surface area contributed by atoms with Gasteiger partial charge in [0.1, 0.15) is 0 Å². The third-order valence-corrected chi connectivity index (χ3v) is 4.03. The molecule has 0 fully saturated rings. The van der Waals surface area contributed by atoms with Crippen molar-refractivity contribution in [2.45, 2.75) is 30.6 Å². The van der Waals surface area contributed by atoms with Crippen LogP contribution >= 0.6 is 11.8 Å². The molecule has 1 amide bonds. The molecular weight excluding hydrogens is 268 g/mol. The van der Waals surface area contributed by atoms with Crippen LogP contribution in [-0.4, -0.2) is 5.91 Å². The first-order chi connectivity index (χ1) is 9.45. The molecular formula is C16H18N2OS. The lowest BCUT2D eigenvalue weighted by atomic mass is 10.1. The highest BCUT2D eigenvalue weighted by molar-refractivity contribution is 7.99. The Bertz CT molecular complexity index is 653. The van der Waals surface area contributed by atoms with Crippen molar-refractivity contribution in [2.75, 3.05) is 11.1 Å². The monoisotopic (exact) mass is 286 g/mol. The van der Waals surface area contributed by atoms with Gasteiger partial charge in [-0.15, -0.1) is 0 Å². The van der Waals surface area contributed by atoms with Gasteiger partial charge in [0.25, 0.3) is 0 Å². The summed E-state index contributed by atoms with van der Waals surface area (Å²) in [6.45, 7) is 5.68. The van der Waals surface area contributed by atoms with E-state index in [2.05, 4.69) is 37.4 Å². The van der Waals surface area contributed by atoms with Crippen molar-refractivity contribution in [3.8, 4) is 0 Å². The lowest BCUT2D eigenvalue weighted by Gasteiger charge is -2.09. The maximum atomic E-state index is 11.1. The molecule has 0 atom stereocenters. The zero-order valence-electron chi connectivity index (χ0n) is 11.9. The summed E-state index contributed by atoms with van der Waals surface area (Å²) in [4.78, 5) is 13.4. The van der Waals surface area contributed by atoms with E-state index in [1.165, 1.54) is 22.9 Å². The Morgan fingerprint density at radius 3 is 2.35 bits per heavy atom. The molecule has 0 unspecified atom stereocenters. The van der Waals surface area contributed by atoms with Crippen molar-refractivity contribution < 1.29 is 4.79 Å². The smallest absolute Gasteiger partial charge is 0.221 e. The molecule has 0 spiro atoms. The highest BCUT2D eigenvalue weighted by Crippen LogP contribution is 2.32. The molecule has 0 saturated carbocycles. The Morgan fingerprint density at radius 2 is 1.70 bits per heavy atom. The first-order valence-electron chi connectivity index (χ1n) is 6.38. The van der Waals surface area contributed by atoms with Crippen LogP contribution in [0.2, 0.25) is 0 Å². The van der Waals surface area contributed by atoms with E-state index >= 15 is 0 Å². The first-order valence-corrected chi connectivity index (χ1v) is 7.19. The average molecular weight is 286 g/mol. The van der Waals surface area contributed by atoms with E-state index in [-0.39, 0.29) is 5.91 Å². The second-order valence-electron chi connectivity index (χ2n) is 4.78. The number of nitrogens with one attached hydrogen (secondary N) is 1. The van der Waals surface area contributed by atoms with Gasteiger partial charge in [0.2, 0.25) is 5.91 Å². The third kappa shape index (κ3) is 3.54. The lowest BCUT2D eigenvalue weighted by Crippen LogP contribution is -2.07. The van der Waals surface area contributed by atoms with Crippen molar-refractivity contribution in [1.29, 1.82) is 0 Å². The summed E-state index contributed by atoms with van der Waals surface area (Å²) >= 11 is 1.65. The fourth-order valence-electron chi connectivity index (χ4n) is 1.81. The summed E-state index contributed by atoms with van der Waals surface area (Å²) in [5.74, 6) is -0.120. The topological polar surface area (TPSA) is 55.1 Å². The van der Waals surface area contributed by atoms with Gasteiger partial charge in [0.05, 0.1) is 11.4 Å². The highest BCUT2D eigenvalue weighted by atomic mass is 32.2. The van der Waals surface area contributed by atoms with Gasteiger partial charge in [-0.25, -0.2) is 0 Å². The zero-order chi connectivity index (χ0) is 14.7. The molecule has 2 rings (SSSR count). The number of hydrogen-bond acceptors (Lipinski definition) is 3. The molecule has 0 aliphatic heterocycles. The van der Waals surface area contributed by atoms with Crippen LogP contribution in [0.25, 0.3) is 0 Å². The molecule has 0 bridgehead atoms. The fraction of sp³-hybridized carbons (Fsp3) is 0.188. The van der Waals surface area contributed by atoms with E-state index in [1.54, 1.807) is 11.8 Å². The standard InChI is InChI=1S/C16H18N2OS/c1-10-4-5-13(8-11(10)2)20-14-6-7-15(17)16(9-14)18-12(3)19/h4-9H,17H2,1-3H3,(H,18,19). The van der Waals surface area contributed by atoms with E-state index in [0.717, 1.165) is 4.90 Å². The number of amides is 1. The Balaban J connectivity index is 2.24. The molecule has 0 aliphatic rings. The van der Waals surface area contributed by atoms with Crippen molar-refractivity contribution in [2.24, 2.45) is 0 Å². The van der Waals surface area contributed by atoms with Crippen LogP contribution in [-0.2, 0) is 4.79 Å². The molecule has 3 nitrogen and oxygen atoms in total. The van der Waals surface area contributed by atoms with Gasteiger partial charge in [0.15, 0.2) is 0 Å². The minimum absolute atomic E-state index is 0.120. The number of benzene rings is 2. The summed E-state index contributed by atoms with van der Waals surface area (Å²) in [5, 5.41) is 2.74. The molecule has 0 heterocycles. The van der Waals surface area contributed by atoms with Crippen LogP contribution in [0.4, 0.5) is 11.4 Å². The molecule has 0 aromatic heterocycles. The number of rotatable bonds is 3. The van der Waals surface area contributed by atoms with Crippen LogP contribution in [0, 0.1) is 13.8 Å². The Kier molecular flexibility index (Phi) is 4.35. The van der Waals surface area contributed by atoms with E-state index in [1.807, 2.05) is 18.2 Å². The molecule has 0 radical (unpaired) electrons. The summed E-state index contributed by atoms with van der Waals surface area (Å²) in [7, 11) is 0. The number of hydrogen-bond donors (Lipinski definition) is 2. The summed E-state index contributed by atoms with van der Waals surface area (Å²) in [6, 6.07) is 12.0. The zero-order valence-corrected chi connectivity index (χ0v) is 12.7. The number of aryl methyl sites for hydroxylation is 2. The fourth-order valence-corrected chi connectivity index (χ4v) is 2.77. The lowest BCUT2D eigenvalue weighted by molar-refractivity contribution is -0.114. The first kappa shape index (κ1) is 14.5. The van der Waals surface area contributed by atoms with Crippen LogP contribution in [0.1, 0.15) is 18.1 Å². The van der Waals surface area contributed by atoms with Gasteiger partial charge < -0.3 is 11.1 Å². The molecule has 2 aromatic rings. The Hall–Kier alpha value is -1.94. The molecule has 0 saturated heterocycles. The number of carbonyl (C=O) groups is 1. The quantitative estimate of drug-likeness (QED) is 0.839. The molecule has 20 heavy (non-hydrogen) atoms. The van der Waals surface area contributed by atoms with Gasteiger partial charge in [-0.1, -0.05) is 17.8 Å². The largest absolute Gasteiger partial charge is 0.397 e. The minimum atomic E-state index is -0.120. The van der Waals surface area contributed by atoms with Gasteiger partial charge in [0, 0.05) is 16.7 Å². The van der Waals surface area contributed by atoms with Crippen LogP contribution in [0.5, 0.6) is 0 Å². The third-order valence-electron chi connectivity index (χ3n) is 3.05. The normalized spacial score (nSPS) is 10.3. The van der Waals surface area contributed by atoms with E-state index in [9.17, 15) is 4.79 Å². The molecule has 3 N–H and O–H groups in total. The highest BCUT2D eigenvalue weighted by Gasteiger charge is 2.05. The predicted molar refractivity (Wildman–Crippen MR) is 85.2 cm³/mol. The molecule has 2 aromatic carbocycles. The molecule has 4 heteroatoms. The number of nitrogens with two attached hydrogens (primary N) is 1. The maximum absolute atomic E-state index is 11.1. The van der Waals surface area contributed by atoms with E-state index < -0.39 is 0 Å². The SMILES string of the molecule is CC(=O)Nc1cc(Sc2ccc(C)c(C)c2)ccc1N. The van der Waals surface area contributed by atoms with Crippen molar-refractivity contribution >= 4 is 29.0 Å². The predicted octanol–water partition coefficient (Wildman–Crippen LogP) is 4.00. The van der Waals surface area contributed by atoms with Gasteiger partial charge in [-0.05, 0) is 55.3 Å². The summed E-state index contributed by atoms with van der Waals surface area (Å²) in [5.41, 5.74) is 9.64. The number of carbonyl (C=O) groups excluding carboxylic acids is 1. The van der Waals surface area contributed by atoms with Crippen LogP contribution < -0.4 is 11.1 Å². The maximum Gasteiger partial charge on any atom is 0.221 e. The van der Waals surface area contributed by atoms with Crippen molar-refractivity contribution in [1.82, 2.24) is 0 Å². The van der Waals surface area contributed by atoms with Gasteiger partial charge in [-0.3, -0.25) is 4.79 Å². The van der Waals surface area contributed by atoms with Gasteiger partial charge in [-0.2, -0.15) is 0 Å². The number of nitrogen functional groups attached to an aromatic ring is 1.